The summed E-state index contributed by atoms with van der Waals surface area (Å²) in [5, 5.41) is 3.24. The SMILES string of the molecule is CCOCc1nc(N)cc(Nc2cc(C)ccc2Br)n1. The second-order valence-corrected chi connectivity index (χ2v) is 5.19. The maximum absolute atomic E-state index is 5.79. The van der Waals surface area contributed by atoms with Crippen LogP contribution in [0, 0.1) is 6.92 Å². The molecule has 5 nitrogen and oxygen atoms in total. The first-order chi connectivity index (χ1) is 9.58. The highest BCUT2D eigenvalue weighted by atomic mass is 79.9. The minimum absolute atomic E-state index is 0.352. The van der Waals surface area contributed by atoms with Crippen molar-refractivity contribution in [3.05, 3.63) is 40.1 Å². The number of rotatable bonds is 5. The van der Waals surface area contributed by atoms with E-state index in [1.54, 1.807) is 6.07 Å². The molecule has 0 atom stereocenters. The van der Waals surface area contributed by atoms with Crippen LogP contribution in [0.15, 0.2) is 28.7 Å². The number of anilines is 3. The van der Waals surface area contributed by atoms with E-state index in [0.29, 0.717) is 30.7 Å². The van der Waals surface area contributed by atoms with Gasteiger partial charge in [-0.05, 0) is 47.5 Å². The number of ether oxygens (including phenoxy) is 1. The summed E-state index contributed by atoms with van der Waals surface area (Å²) in [4.78, 5) is 8.53. The molecule has 1 aromatic heterocycles. The second-order valence-electron chi connectivity index (χ2n) is 4.34. The van der Waals surface area contributed by atoms with Gasteiger partial charge in [0.1, 0.15) is 18.2 Å². The lowest BCUT2D eigenvalue weighted by molar-refractivity contribution is 0.128. The van der Waals surface area contributed by atoms with E-state index in [1.807, 2.05) is 32.0 Å². The van der Waals surface area contributed by atoms with Gasteiger partial charge in [-0.1, -0.05) is 6.07 Å². The van der Waals surface area contributed by atoms with Crippen LogP contribution in [0.2, 0.25) is 0 Å². The molecular weight excluding hydrogens is 320 g/mol. The van der Waals surface area contributed by atoms with Crippen LogP contribution in [-0.2, 0) is 11.3 Å². The molecule has 0 aliphatic carbocycles. The third-order valence-corrected chi connectivity index (χ3v) is 3.30. The summed E-state index contributed by atoms with van der Waals surface area (Å²) in [6, 6.07) is 7.75. The van der Waals surface area contributed by atoms with Crippen LogP contribution in [-0.4, -0.2) is 16.6 Å². The molecule has 106 valence electrons. The van der Waals surface area contributed by atoms with Gasteiger partial charge in [0.25, 0.3) is 0 Å². The predicted octanol–water partition coefficient (Wildman–Crippen LogP) is 3.41. The number of hydrogen-bond acceptors (Lipinski definition) is 5. The van der Waals surface area contributed by atoms with Crippen molar-refractivity contribution in [2.45, 2.75) is 20.5 Å². The summed E-state index contributed by atoms with van der Waals surface area (Å²) in [7, 11) is 0. The van der Waals surface area contributed by atoms with Crippen molar-refractivity contribution >= 4 is 33.3 Å². The van der Waals surface area contributed by atoms with Crippen LogP contribution in [0.25, 0.3) is 0 Å². The number of nitrogens with zero attached hydrogens (tertiary/aromatic N) is 2. The summed E-state index contributed by atoms with van der Waals surface area (Å²) in [6.07, 6.45) is 0. The Kier molecular flexibility index (Phi) is 4.92. The molecule has 0 amide bonds. The number of benzene rings is 1. The largest absolute Gasteiger partial charge is 0.384 e. The highest BCUT2D eigenvalue weighted by molar-refractivity contribution is 9.10. The Morgan fingerprint density at radius 1 is 1.30 bits per heavy atom. The monoisotopic (exact) mass is 336 g/mol. The average Bonchev–Trinajstić information content (AvgIpc) is 2.40. The summed E-state index contributed by atoms with van der Waals surface area (Å²) >= 11 is 3.51. The van der Waals surface area contributed by atoms with E-state index in [4.69, 9.17) is 10.5 Å². The van der Waals surface area contributed by atoms with Gasteiger partial charge in [0, 0.05) is 17.1 Å². The van der Waals surface area contributed by atoms with Gasteiger partial charge in [-0.3, -0.25) is 0 Å². The number of aromatic nitrogens is 2. The van der Waals surface area contributed by atoms with Crippen LogP contribution in [0.3, 0.4) is 0 Å². The van der Waals surface area contributed by atoms with Crippen molar-refractivity contribution in [1.82, 2.24) is 9.97 Å². The molecule has 3 N–H and O–H groups in total. The number of aryl methyl sites for hydroxylation is 1. The van der Waals surface area contributed by atoms with Crippen LogP contribution in [0.5, 0.6) is 0 Å². The standard InChI is InChI=1S/C14H17BrN4O/c1-3-20-8-14-18-12(16)7-13(19-14)17-11-6-9(2)4-5-10(11)15/h4-7H,3,8H2,1-2H3,(H3,16,17,18,19). The Morgan fingerprint density at radius 3 is 2.85 bits per heavy atom. The first-order valence-electron chi connectivity index (χ1n) is 6.33. The smallest absolute Gasteiger partial charge is 0.158 e. The highest BCUT2D eigenvalue weighted by Gasteiger charge is 2.06. The minimum Gasteiger partial charge on any atom is -0.384 e. The van der Waals surface area contributed by atoms with Crippen molar-refractivity contribution in [2.24, 2.45) is 0 Å². The molecule has 0 saturated heterocycles. The fraction of sp³-hybridized carbons (Fsp3) is 0.286. The highest BCUT2D eigenvalue weighted by Crippen LogP contribution is 2.26. The Labute approximate surface area is 126 Å². The quantitative estimate of drug-likeness (QED) is 0.875. The van der Waals surface area contributed by atoms with Gasteiger partial charge in [-0.25, -0.2) is 9.97 Å². The summed E-state index contributed by atoms with van der Waals surface area (Å²) in [5.74, 6) is 1.64. The van der Waals surface area contributed by atoms with Crippen LogP contribution < -0.4 is 11.1 Å². The first kappa shape index (κ1) is 14.7. The first-order valence-corrected chi connectivity index (χ1v) is 7.12. The van der Waals surface area contributed by atoms with Gasteiger partial charge < -0.3 is 15.8 Å². The van der Waals surface area contributed by atoms with Crippen LogP contribution in [0.1, 0.15) is 18.3 Å². The molecule has 0 saturated carbocycles. The van der Waals surface area contributed by atoms with E-state index in [2.05, 4.69) is 31.2 Å². The molecule has 0 fully saturated rings. The average molecular weight is 337 g/mol. The zero-order valence-corrected chi connectivity index (χ0v) is 13.1. The third-order valence-electron chi connectivity index (χ3n) is 2.61. The van der Waals surface area contributed by atoms with Gasteiger partial charge in [0.15, 0.2) is 5.82 Å². The molecule has 2 rings (SSSR count). The molecule has 2 aromatic rings. The van der Waals surface area contributed by atoms with Crippen LogP contribution in [0.4, 0.5) is 17.3 Å². The van der Waals surface area contributed by atoms with Crippen molar-refractivity contribution in [2.75, 3.05) is 17.7 Å². The number of hydrogen-bond donors (Lipinski definition) is 2. The molecular formula is C14H17BrN4O. The lowest BCUT2D eigenvalue weighted by atomic mass is 10.2. The molecule has 20 heavy (non-hydrogen) atoms. The molecule has 0 unspecified atom stereocenters. The molecule has 6 heteroatoms. The number of nitrogens with one attached hydrogen (secondary N) is 1. The fourth-order valence-corrected chi connectivity index (χ4v) is 2.06. The summed E-state index contributed by atoms with van der Waals surface area (Å²) in [5.41, 5.74) is 7.89. The van der Waals surface area contributed by atoms with E-state index < -0.39 is 0 Å². The minimum atomic E-state index is 0.352. The Hall–Kier alpha value is -1.66. The normalized spacial score (nSPS) is 10.6. The van der Waals surface area contributed by atoms with E-state index in [1.165, 1.54) is 0 Å². The maximum Gasteiger partial charge on any atom is 0.158 e. The zero-order chi connectivity index (χ0) is 14.5. The van der Waals surface area contributed by atoms with Crippen molar-refractivity contribution < 1.29 is 4.74 Å². The van der Waals surface area contributed by atoms with Crippen molar-refractivity contribution in [1.29, 1.82) is 0 Å². The Morgan fingerprint density at radius 2 is 2.10 bits per heavy atom. The van der Waals surface area contributed by atoms with Gasteiger partial charge >= 0.3 is 0 Å². The molecule has 0 aliphatic heterocycles. The third kappa shape index (κ3) is 3.91. The lowest BCUT2D eigenvalue weighted by Gasteiger charge is -2.10. The zero-order valence-electron chi connectivity index (χ0n) is 11.5. The van der Waals surface area contributed by atoms with E-state index in [9.17, 15) is 0 Å². The molecule has 0 aliphatic rings. The molecule has 1 heterocycles. The van der Waals surface area contributed by atoms with Gasteiger partial charge in [0.2, 0.25) is 0 Å². The lowest BCUT2D eigenvalue weighted by Crippen LogP contribution is -2.05. The molecule has 0 spiro atoms. The van der Waals surface area contributed by atoms with Gasteiger partial charge in [-0.2, -0.15) is 0 Å². The topological polar surface area (TPSA) is 73.1 Å². The number of nitrogens with two attached hydrogens (primary N) is 1. The van der Waals surface area contributed by atoms with Crippen molar-refractivity contribution in [3.63, 3.8) is 0 Å². The maximum atomic E-state index is 5.79. The Bertz CT molecular complexity index is 604. The second kappa shape index (κ2) is 6.67. The van der Waals surface area contributed by atoms with Gasteiger partial charge in [0.05, 0.1) is 5.69 Å². The molecule has 0 radical (unpaired) electrons. The summed E-state index contributed by atoms with van der Waals surface area (Å²) in [6.45, 7) is 4.93. The molecule has 0 bridgehead atoms. The predicted molar refractivity (Wildman–Crippen MR) is 83.9 cm³/mol. The van der Waals surface area contributed by atoms with E-state index >= 15 is 0 Å². The van der Waals surface area contributed by atoms with E-state index in [-0.39, 0.29) is 0 Å². The number of nitrogen functional groups attached to an aromatic ring is 1. The Balaban J connectivity index is 2.24. The van der Waals surface area contributed by atoms with Crippen molar-refractivity contribution in [3.8, 4) is 0 Å². The fourth-order valence-electron chi connectivity index (χ4n) is 1.71. The van der Waals surface area contributed by atoms with E-state index in [0.717, 1.165) is 15.7 Å². The van der Waals surface area contributed by atoms with Gasteiger partial charge in [-0.15, -0.1) is 0 Å². The van der Waals surface area contributed by atoms with Crippen LogP contribution >= 0.6 is 15.9 Å². The molecule has 1 aromatic carbocycles. The summed E-state index contributed by atoms with van der Waals surface area (Å²) < 4.78 is 6.27. The number of halogens is 1.